The number of rotatable bonds is 2. The van der Waals surface area contributed by atoms with E-state index in [1.807, 2.05) is 0 Å². The standard InChI is InChI=1S/C15H17Se/c1-11-9-12(2)15(13(3)10-11)16-14-7-5-4-6-8-14/h4-10,15H,1-3H3/q+1. The van der Waals surface area contributed by atoms with E-state index in [2.05, 4.69) is 63.3 Å². The molecule has 1 heteroatoms. The van der Waals surface area contributed by atoms with Crippen LogP contribution in [0.15, 0.2) is 53.6 Å². The molecule has 16 heavy (non-hydrogen) atoms. The molecule has 1 aliphatic rings. The Morgan fingerprint density at radius 1 is 1.12 bits per heavy atom. The van der Waals surface area contributed by atoms with E-state index in [1.54, 1.807) is 0 Å². The Kier molecular flexibility index (Phi) is 3.58. The number of benzene rings is 1. The molecule has 0 bridgehead atoms. The topological polar surface area (TPSA) is 0 Å². The van der Waals surface area contributed by atoms with E-state index in [-0.39, 0.29) is 0 Å². The Morgan fingerprint density at radius 3 is 2.44 bits per heavy atom. The van der Waals surface area contributed by atoms with E-state index in [0.717, 1.165) is 0 Å². The minimum atomic E-state index is 0.517. The van der Waals surface area contributed by atoms with Crippen LogP contribution < -0.4 is 4.46 Å². The van der Waals surface area contributed by atoms with Gasteiger partial charge in [-0.1, -0.05) is 0 Å². The van der Waals surface area contributed by atoms with Crippen LogP contribution in [0.4, 0.5) is 0 Å². The van der Waals surface area contributed by atoms with E-state index in [1.165, 1.54) is 21.5 Å². The summed E-state index contributed by atoms with van der Waals surface area (Å²) in [5.41, 5.74) is 2.90. The van der Waals surface area contributed by atoms with E-state index < -0.39 is 0 Å². The number of hydrogen-bond donors (Lipinski definition) is 0. The molecule has 0 amide bonds. The number of allylic oxidation sites excluding steroid dienone is 4. The minimum absolute atomic E-state index is 0.517. The third-order valence-electron chi connectivity index (χ3n) is 2.73. The van der Waals surface area contributed by atoms with Gasteiger partial charge in [0.25, 0.3) is 0 Å². The quantitative estimate of drug-likeness (QED) is 0.574. The zero-order valence-corrected chi connectivity index (χ0v) is 11.7. The Hall–Kier alpha value is -0.911. The fraction of sp³-hybridized carbons (Fsp3) is 0.267. The van der Waals surface area contributed by atoms with Crippen LogP contribution in [0.3, 0.4) is 0 Å². The van der Waals surface area contributed by atoms with E-state index in [4.69, 9.17) is 0 Å². The first-order chi connectivity index (χ1) is 7.66. The Morgan fingerprint density at radius 2 is 1.81 bits per heavy atom. The van der Waals surface area contributed by atoms with Gasteiger partial charge in [-0.2, -0.15) is 0 Å². The molecule has 2 rings (SSSR count). The molecule has 0 saturated carbocycles. The van der Waals surface area contributed by atoms with Crippen molar-refractivity contribution in [3.05, 3.63) is 59.5 Å². The molecular formula is C15H17Se+. The Labute approximate surface area is 105 Å². The van der Waals surface area contributed by atoms with Gasteiger partial charge in [-0.25, -0.2) is 0 Å². The summed E-state index contributed by atoms with van der Waals surface area (Å²) in [7, 11) is 0. The molecule has 1 aromatic carbocycles. The molecular weight excluding hydrogens is 259 g/mol. The van der Waals surface area contributed by atoms with Crippen LogP contribution in [0.25, 0.3) is 0 Å². The first-order valence-corrected chi connectivity index (χ1v) is 7.43. The fourth-order valence-corrected chi connectivity index (χ4v) is 4.39. The Bertz CT molecular complexity index is 414. The van der Waals surface area contributed by atoms with Crippen molar-refractivity contribution in [1.29, 1.82) is 0 Å². The molecule has 82 valence electrons. The van der Waals surface area contributed by atoms with Gasteiger partial charge in [0.2, 0.25) is 0 Å². The van der Waals surface area contributed by atoms with Crippen LogP contribution in [0.1, 0.15) is 20.8 Å². The van der Waals surface area contributed by atoms with Crippen molar-refractivity contribution in [3.8, 4) is 0 Å². The summed E-state index contributed by atoms with van der Waals surface area (Å²) < 4.78 is 1.49. The first kappa shape index (κ1) is 11.6. The van der Waals surface area contributed by atoms with Crippen LogP contribution in [-0.2, 0) is 0 Å². The van der Waals surface area contributed by atoms with Gasteiger partial charge in [-0.3, -0.25) is 0 Å². The monoisotopic (exact) mass is 277 g/mol. The number of hydrogen-bond acceptors (Lipinski definition) is 0. The second kappa shape index (κ2) is 4.95. The van der Waals surface area contributed by atoms with Gasteiger partial charge in [0.1, 0.15) is 0 Å². The normalized spacial score (nSPS) is 20.4. The molecule has 1 aliphatic carbocycles. The predicted octanol–water partition coefficient (Wildman–Crippen LogP) is 3.31. The maximum atomic E-state index is 2.32. The van der Waals surface area contributed by atoms with Crippen LogP contribution in [-0.4, -0.2) is 15.0 Å². The van der Waals surface area contributed by atoms with Crippen molar-refractivity contribution < 1.29 is 0 Å². The van der Waals surface area contributed by atoms with Gasteiger partial charge in [0, 0.05) is 0 Å². The summed E-state index contributed by atoms with van der Waals surface area (Å²) in [4.78, 5) is 0.651. The zero-order chi connectivity index (χ0) is 11.5. The van der Waals surface area contributed by atoms with E-state index in [9.17, 15) is 0 Å². The molecule has 0 saturated heterocycles. The van der Waals surface area contributed by atoms with Crippen molar-refractivity contribution in [2.75, 3.05) is 0 Å². The van der Waals surface area contributed by atoms with E-state index >= 15 is 0 Å². The average molecular weight is 276 g/mol. The van der Waals surface area contributed by atoms with Crippen LogP contribution in [0.5, 0.6) is 0 Å². The average Bonchev–Trinajstić information content (AvgIpc) is 2.25. The molecule has 0 nitrogen and oxygen atoms in total. The second-order valence-electron chi connectivity index (χ2n) is 4.33. The van der Waals surface area contributed by atoms with Crippen LogP contribution in [0, 0.1) is 5.92 Å². The third kappa shape index (κ3) is 2.61. The first-order valence-electron chi connectivity index (χ1n) is 5.58. The van der Waals surface area contributed by atoms with Gasteiger partial charge in [-0.05, 0) is 0 Å². The van der Waals surface area contributed by atoms with E-state index in [0.29, 0.717) is 19.8 Å². The molecule has 0 heterocycles. The molecule has 0 fully saturated rings. The molecule has 1 unspecified atom stereocenters. The maximum absolute atomic E-state index is 2.32. The molecule has 1 aromatic rings. The zero-order valence-electron chi connectivity index (χ0n) is 10.0. The van der Waals surface area contributed by atoms with Gasteiger partial charge in [0.15, 0.2) is 0 Å². The second-order valence-corrected chi connectivity index (χ2v) is 6.80. The molecule has 1 atom stereocenters. The van der Waals surface area contributed by atoms with Crippen LogP contribution >= 0.6 is 0 Å². The van der Waals surface area contributed by atoms with Crippen molar-refractivity contribution >= 4 is 19.4 Å². The summed E-state index contributed by atoms with van der Waals surface area (Å²) >= 11 is 0.517. The van der Waals surface area contributed by atoms with Gasteiger partial charge in [-0.15, -0.1) is 0 Å². The van der Waals surface area contributed by atoms with Crippen LogP contribution in [0.2, 0.25) is 4.82 Å². The van der Waals surface area contributed by atoms with Crippen molar-refractivity contribution in [2.45, 2.75) is 25.6 Å². The van der Waals surface area contributed by atoms with Gasteiger partial charge in [0.05, 0.1) is 0 Å². The molecule has 0 aliphatic heterocycles. The van der Waals surface area contributed by atoms with Crippen molar-refractivity contribution in [1.82, 2.24) is 0 Å². The molecule has 0 aromatic heterocycles. The summed E-state index contributed by atoms with van der Waals surface area (Å²) in [6.07, 6.45) is 4.64. The summed E-state index contributed by atoms with van der Waals surface area (Å²) in [5, 5.41) is 0. The summed E-state index contributed by atoms with van der Waals surface area (Å²) in [6.45, 7) is 6.70. The predicted molar refractivity (Wildman–Crippen MR) is 72.0 cm³/mol. The Balaban J connectivity index is 2.15. The van der Waals surface area contributed by atoms with Gasteiger partial charge < -0.3 is 0 Å². The van der Waals surface area contributed by atoms with Crippen molar-refractivity contribution in [3.63, 3.8) is 0 Å². The van der Waals surface area contributed by atoms with Gasteiger partial charge >= 0.3 is 105 Å². The fourth-order valence-electron chi connectivity index (χ4n) is 2.09. The third-order valence-corrected chi connectivity index (χ3v) is 5.93. The summed E-state index contributed by atoms with van der Waals surface area (Å²) in [5.74, 6) is 1.52. The SMILES string of the molecule is CC1=C[C+](C)C([Se]c2ccccc2)C(C)=C1. The van der Waals surface area contributed by atoms with Crippen molar-refractivity contribution in [2.24, 2.45) is 0 Å². The summed E-state index contributed by atoms with van der Waals surface area (Å²) in [6, 6.07) is 10.8. The molecule has 0 spiro atoms. The molecule has 0 N–H and O–H groups in total. The molecule has 0 radical (unpaired) electrons.